The maximum Gasteiger partial charge on any atom is 0.119 e. The van der Waals surface area contributed by atoms with Crippen molar-refractivity contribution < 1.29 is 0 Å². The fourth-order valence-electron chi connectivity index (χ4n) is 1.34. The van der Waals surface area contributed by atoms with Gasteiger partial charge in [-0.15, -0.1) is 0 Å². The number of aromatic amines is 1. The van der Waals surface area contributed by atoms with Gasteiger partial charge in [0.1, 0.15) is 5.82 Å². The van der Waals surface area contributed by atoms with Crippen molar-refractivity contribution in [2.24, 2.45) is 0 Å². The molecule has 68 valence electrons. The van der Waals surface area contributed by atoms with Gasteiger partial charge in [-0.05, 0) is 31.5 Å². The molecule has 1 unspecified atom stereocenters. The lowest BCUT2D eigenvalue weighted by Gasteiger charge is -1.94. The Kier molecular flexibility index (Phi) is 2.04. The summed E-state index contributed by atoms with van der Waals surface area (Å²) in [6.45, 7) is 4.08. The average Bonchev–Trinajstić information content (AvgIpc) is 2.46. The number of nitrogens with one attached hydrogen (secondary N) is 1. The predicted molar refractivity (Wildman–Crippen MR) is 58.2 cm³/mol. The lowest BCUT2D eigenvalue weighted by atomic mass is 10.2. The molecule has 1 aromatic heterocycles. The van der Waals surface area contributed by atoms with Gasteiger partial charge in [0.2, 0.25) is 0 Å². The second-order valence-electron chi connectivity index (χ2n) is 3.32. The summed E-state index contributed by atoms with van der Waals surface area (Å²) < 4.78 is 0. The number of hydrogen-bond donors (Lipinski definition) is 2. The Hall–Kier alpha value is -0.960. The lowest BCUT2D eigenvalue weighted by Crippen LogP contribution is -1.85. The van der Waals surface area contributed by atoms with Crippen LogP contribution in [0.4, 0.5) is 0 Å². The fraction of sp³-hybridized carbons (Fsp3) is 0.300. The van der Waals surface area contributed by atoms with E-state index < -0.39 is 0 Å². The Morgan fingerprint density at radius 2 is 2.23 bits per heavy atom. The standard InChI is InChI=1S/C10H12N2S/c1-6-3-4-8-9(5-6)12-10(11-8)7(2)13/h3-5,7,13H,1-2H3,(H,11,12). The third-order valence-corrected chi connectivity index (χ3v) is 2.30. The number of rotatable bonds is 1. The van der Waals surface area contributed by atoms with Crippen LogP contribution >= 0.6 is 12.6 Å². The Balaban J connectivity index is 2.62. The molecule has 1 N–H and O–H groups in total. The van der Waals surface area contributed by atoms with Crippen LogP contribution in [0.15, 0.2) is 18.2 Å². The maximum atomic E-state index is 4.42. The monoisotopic (exact) mass is 192 g/mol. The van der Waals surface area contributed by atoms with Gasteiger partial charge in [0.25, 0.3) is 0 Å². The first-order valence-corrected chi connectivity index (χ1v) is 4.83. The smallest absolute Gasteiger partial charge is 0.119 e. The van der Waals surface area contributed by atoms with Crippen LogP contribution in [0.5, 0.6) is 0 Å². The predicted octanol–water partition coefficient (Wildman–Crippen LogP) is 2.86. The summed E-state index contributed by atoms with van der Waals surface area (Å²) in [7, 11) is 0. The summed E-state index contributed by atoms with van der Waals surface area (Å²) >= 11 is 4.33. The molecule has 2 rings (SSSR count). The number of nitrogens with zero attached hydrogens (tertiary/aromatic N) is 1. The van der Waals surface area contributed by atoms with E-state index in [-0.39, 0.29) is 5.25 Å². The highest BCUT2D eigenvalue weighted by atomic mass is 32.1. The zero-order valence-corrected chi connectivity index (χ0v) is 8.60. The summed E-state index contributed by atoms with van der Waals surface area (Å²) in [4.78, 5) is 7.67. The molecule has 2 nitrogen and oxygen atoms in total. The van der Waals surface area contributed by atoms with E-state index in [0.29, 0.717) is 0 Å². The lowest BCUT2D eigenvalue weighted by molar-refractivity contribution is 0.981. The van der Waals surface area contributed by atoms with Crippen molar-refractivity contribution in [3.8, 4) is 0 Å². The maximum absolute atomic E-state index is 4.42. The first-order chi connectivity index (χ1) is 6.16. The van der Waals surface area contributed by atoms with Crippen molar-refractivity contribution in [1.29, 1.82) is 0 Å². The molecule has 2 aromatic rings. The van der Waals surface area contributed by atoms with Crippen LogP contribution in [0.1, 0.15) is 23.6 Å². The van der Waals surface area contributed by atoms with Crippen molar-refractivity contribution in [1.82, 2.24) is 9.97 Å². The topological polar surface area (TPSA) is 28.7 Å². The minimum Gasteiger partial charge on any atom is -0.341 e. The van der Waals surface area contributed by atoms with E-state index in [9.17, 15) is 0 Å². The van der Waals surface area contributed by atoms with Crippen LogP contribution < -0.4 is 0 Å². The molecule has 0 radical (unpaired) electrons. The molecule has 3 heteroatoms. The molecule has 0 fully saturated rings. The molecule has 0 aliphatic carbocycles. The van der Waals surface area contributed by atoms with Crippen molar-refractivity contribution in [2.45, 2.75) is 19.1 Å². The molecule has 0 aliphatic heterocycles. The minimum atomic E-state index is 0.160. The Morgan fingerprint density at radius 1 is 1.46 bits per heavy atom. The van der Waals surface area contributed by atoms with Gasteiger partial charge in [0, 0.05) is 0 Å². The average molecular weight is 192 g/mol. The number of hydrogen-bond acceptors (Lipinski definition) is 2. The number of fused-ring (bicyclic) bond motifs is 1. The van der Waals surface area contributed by atoms with E-state index >= 15 is 0 Å². The van der Waals surface area contributed by atoms with Crippen LogP contribution in [-0.4, -0.2) is 9.97 Å². The van der Waals surface area contributed by atoms with Gasteiger partial charge in [-0.2, -0.15) is 12.6 Å². The minimum absolute atomic E-state index is 0.160. The van der Waals surface area contributed by atoms with Gasteiger partial charge in [-0.3, -0.25) is 0 Å². The summed E-state index contributed by atoms with van der Waals surface area (Å²) in [5.74, 6) is 0.934. The van der Waals surface area contributed by atoms with Crippen molar-refractivity contribution in [2.75, 3.05) is 0 Å². The highest BCUT2D eigenvalue weighted by Gasteiger charge is 2.05. The molecule has 0 spiro atoms. The molecule has 1 atom stereocenters. The zero-order chi connectivity index (χ0) is 9.42. The van der Waals surface area contributed by atoms with E-state index in [4.69, 9.17) is 0 Å². The van der Waals surface area contributed by atoms with E-state index in [0.717, 1.165) is 16.9 Å². The van der Waals surface area contributed by atoms with Gasteiger partial charge in [0.05, 0.1) is 16.3 Å². The number of H-pyrrole nitrogens is 1. The van der Waals surface area contributed by atoms with Crippen LogP contribution in [0, 0.1) is 6.92 Å². The second-order valence-corrected chi connectivity index (χ2v) is 4.09. The molecule has 0 saturated heterocycles. The van der Waals surface area contributed by atoms with Gasteiger partial charge >= 0.3 is 0 Å². The Labute approximate surface area is 82.8 Å². The molecule has 0 aliphatic rings. The summed E-state index contributed by atoms with van der Waals surface area (Å²) in [6, 6.07) is 6.19. The molecule has 0 amide bonds. The quantitative estimate of drug-likeness (QED) is 0.668. The van der Waals surface area contributed by atoms with Crippen LogP contribution in [0.25, 0.3) is 11.0 Å². The van der Waals surface area contributed by atoms with Crippen molar-refractivity contribution in [3.05, 3.63) is 29.6 Å². The van der Waals surface area contributed by atoms with Gasteiger partial charge in [-0.1, -0.05) is 6.07 Å². The molecule has 13 heavy (non-hydrogen) atoms. The Morgan fingerprint density at radius 3 is 2.92 bits per heavy atom. The van der Waals surface area contributed by atoms with Gasteiger partial charge in [-0.25, -0.2) is 4.98 Å². The molecular weight excluding hydrogens is 180 g/mol. The number of aryl methyl sites for hydroxylation is 1. The van der Waals surface area contributed by atoms with Crippen LogP contribution in [0.2, 0.25) is 0 Å². The van der Waals surface area contributed by atoms with E-state index in [2.05, 4.69) is 41.7 Å². The molecular formula is C10H12N2S. The first-order valence-electron chi connectivity index (χ1n) is 4.31. The van der Waals surface area contributed by atoms with E-state index in [1.165, 1.54) is 5.56 Å². The zero-order valence-electron chi connectivity index (χ0n) is 7.70. The van der Waals surface area contributed by atoms with Crippen molar-refractivity contribution in [3.63, 3.8) is 0 Å². The molecule has 0 saturated carbocycles. The number of thiol groups is 1. The van der Waals surface area contributed by atoms with Crippen LogP contribution in [-0.2, 0) is 0 Å². The largest absolute Gasteiger partial charge is 0.341 e. The first kappa shape index (κ1) is 8.63. The highest BCUT2D eigenvalue weighted by Crippen LogP contribution is 2.20. The fourth-order valence-corrected chi connectivity index (χ4v) is 1.46. The summed E-state index contributed by atoms with van der Waals surface area (Å²) in [5, 5.41) is 0.160. The second kappa shape index (κ2) is 3.07. The molecule has 1 aromatic carbocycles. The van der Waals surface area contributed by atoms with Crippen molar-refractivity contribution >= 4 is 23.7 Å². The summed E-state index contributed by atoms with van der Waals surface area (Å²) in [6.07, 6.45) is 0. The van der Waals surface area contributed by atoms with Gasteiger partial charge in [0.15, 0.2) is 0 Å². The Bertz CT molecular complexity index is 431. The third kappa shape index (κ3) is 1.56. The molecule has 1 heterocycles. The SMILES string of the molecule is Cc1ccc2nc(C(C)S)[nH]c2c1. The number of benzene rings is 1. The van der Waals surface area contributed by atoms with E-state index in [1.807, 2.05) is 13.0 Å². The summed E-state index contributed by atoms with van der Waals surface area (Å²) in [5.41, 5.74) is 3.35. The number of imidazole rings is 1. The normalized spacial score (nSPS) is 13.5. The highest BCUT2D eigenvalue weighted by molar-refractivity contribution is 7.80. The van der Waals surface area contributed by atoms with Crippen LogP contribution in [0.3, 0.4) is 0 Å². The third-order valence-electron chi connectivity index (χ3n) is 2.05. The van der Waals surface area contributed by atoms with Gasteiger partial charge < -0.3 is 4.98 Å². The molecule has 0 bridgehead atoms. The number of aromatic nitrogens is 2. The van der Waals surface area contributed by atoms with E-state index in [1.54, 1.807) is 0 Å².